The minimum Gasteiger partial charge on any atom is -0.385 e. The van der Waals surface area contributed by atoms with Gasteiger partial charge in [-0.05, 0) is 63.0 Å². The fourth-order valence-electron chi connectivity index (χ4n) is 4.47. The minimum absolute atomic E-state index is 0.0360. The predicted octanol–water partition coefficient (Wildman–Crippen LogP) is 2.12. The summed E-state index contributed by atoms with van der Waals surface area (Å²) < 4.78 is 14.0. The maximum atomic E-state index is 14.0. The van der Waals surface area contributed by atoms with Gasteiger partial charge in [-0.3, -0.25) is 0 Å². The number of nitrogens with zero attached hydrogens (tertiary/aromatic N) is 3. The molecule has 1 aromatic carbocycles. The number of nitrogens with one attached hydrogen (secondary N) is 3. The number of anilines is 1. The summed E-state index contributed by atoms with van der Waals surface area (Å²) in [5, 5.41) is 10.6. The van der Waals surface area contributed by atoms with Crippen molar-refractivity contribution >= 4 is 11.4 Å². The molecule has 1 unspecified atom stereocenters. The molecule has 0 bridgehead atoms. The van der Waals surface area contributed by atoms with E-state index in [9.17, 15) is 4.39 Å². The van der Waals surface area contributed by atoms with Crippen molar-refractivity contribution in [3.8, 4) is 0 Å². The van der Waals surface area contributed by atoms with Gasteiger partial charge in [-0.25, -0.2) is 4.39 Å². The maximum Gasteiger partial charge on any atom is 0.125 e. The fraction of sp³-hybridized carbons (Fsp3) is 0.500. The molecule has 0 aromatic heterocycles. The van der Waals surface area contributed by atoms with Gasteiger partial charge >= 0.3 is 0 Å². The molecular formula is C24H35FN6. The monoisotopic (exact) mass is 426 g/mol. The molecule has 1 saturated heterocycles. The summed E-state index contributed by atoms with van der Waals surface area (Å²) >= 11 is 0. The van der Waals surface area contributed by atoms with E-state index in [0.29, 0.717) is 0 Å². The van der Waals surface area contributed by atoms with Crippen molar-refractivity contribution in [2.24, 2.45) is 0 Å². The van der Waals surface area contributed by atoms with Crippen molar-refractivity contribution in [2.45, 2.75) is 12.5 Å². The van der Waals surface area contributed by atoms with Crippen molar-refractivity contribution in [2.75, 3.05) is 72.3 Å². The molecule has 3 N–H and O–H groups in total. The highest BCUT2D eigenvalue weighted by Gasteiger charge is 2.26. The Morgan fingerprint density at radius 2 is 2.00 bits per heavy atom. The molecular weight excluding hydrogens is 391 g/mol. The van der Waals surface area contributed by atoms with Crippen LogP contribution in [0.4, 0.5) is 10.1 Å². The first-order chi connectivity index (χ1) is 15.0. The first-order valence-corrected chi connectivity index (χ1v) is 11.3. The molecule has 168 valence electrons. The van der Waals surface area contributed by atoms with Gasteiger partial charge in [-0.15, -0.1) is 0 Å². The highest BCUT2D eigenvalue weighted by molar-refractivity contribution is 5.80. The molecule has 1 fully saturated rings. The van der Waals surface area contributed by atoms with E-state index in [-0.39, 0.29) is 11.9 Å². The molecule has 1 atom stereocenters. The normalized spacial score (nSPS) is 21.2. The average Bonchev–Trinajstić information content (AvgIpc) is 2.76. The summed E-state index contributed by atoms with van der Waals surface area (Å²) in [5.74, 6) is 1.06. The zero-order valence-electron chi connectivity index (χ0n) is 18.9. The van der Waals surface area contributed by atoms with Crippen LogP contribution in [0.1, 0.15) is 12.0 Å². The molecule has 0 spiro atoms. The largest absolute Gasteiger partial charge is 0.385 e. The van der Waals surface area contributed by atoms with E-state index in [1.165, 1.54) is 17.5 Å². The maximum absolute atomic E-state index is 14.0. The van der Waals surface area contributed by atoms with E-state index in [4.69, 9.17) is 0 Å². The van der Waals surface area contributed by atoms with E-state index in [2.05, 4.69) is 70.0 Å². The van der Waals surface area contributed by atoms with Crippen LogP contribution >= 0.6 is 0 Å². The van der Waals surface area contributed by atoms with Crippen LogP contribution in [0.5, 0.6) is 0 Å². The van der Waals surface area contributed by atoms with Crippen LogP contribution in [0.2, 0.25) is 0 Å². The Labute approximate surface area is 185 Å². The summed E-state index contributed by atoms with van der Waals surface area (Å²) in [6, 6.07) is 5.04. The summed E-state index contributed by atoms with van der Waals surface area (Å²) in [6.07, 6.45) is 7.77. The molecule has 0 radical (unpaired) electrons. The third-order valence-corrected chi connectivity index (χ3v) is 6.11. The number of piperazine rings is 1. The summed E-state index contributed by atoms with van der Waals surface area (Å²) in [4.78, 5) is 6.95. The van der Waals surface area contributed by atoms with Gasteiger partial charge in [0.1, 0.15) is 11.6 Å². The zero-order valence-corrected chi connectivity index (χ0v) is 18.9. The second-order valence-corrected chi connectivity index (χ2v) is 8.84. The molecule has 4 rings (SSSR count). The fourth-order valence-corrected chi connectivity index (χ4v) is 4.47. The third kappa shape index (κ3) is 5.22. The molecule has 3 aliphatic heterocycles. The number of rotatable bonds is 7. The molecule has 31 heavy (non-hydrogen) atoms. The van der Waals surface area contributed by atoms with Crippen LogP contribution in [0, 0.1) is 5.82 Å². The Kier molecular flexibility index (Phi) is 6.83. The van der Waals surface area contributed by atoms with Gasteiger partial charge in [0, 0.05) is 63.3 Å². The van der Waals surface area contributed by atoms with Crippen LogP contribution in [-0.2, 0) is 0 Å². The molecule has 6 nitrogen and oxygen atoms in total. The quantitative estimate of drug-likeness (QED) is 0.581. The smallest absolute Gasteiger partial charge is 0.125 e. The number of hydrogen-bond donors (Lipinski definition) is 3. The van der Waals surface area contributed by atoms with E-state index in [1.807, 2.05) is 6.07 Å². The molecule has 0 amide bonds. The summed E-state index contributed by atoms with van der Waals surface area (Å²) in [5.41, 5.74) is 4.24. The highest BCUT2D eigenvalue weighted by Crippen LogP contribution is 2.32. The second kappa shape index (κ2) is 9.75. The lowest BCUT2D eigenvalue weighted by molar-refractivity contribution is 0.217. The summed E-state index contributed by atoms with van der Waals surface area (Å²) in [6.45, 7) is 6.90. The molecule has 0 saturated carbocycles. The molecule has 3 aliphatic rings. The number of likely N-dealkylation sites (N-methyl/N-ethyl adjacent to an activating group) is 1. The van der Waals surface area contributed by atoms with Crippen LogP contribution in [-0.4, -0.2) is 87.7 Å². The number of hydrogen-bond acceptors (Lipinski definition) is 6. The average molecular weight is 427 g/mol. The van der Waals surface area contributed by atoms with E-state index >= 15 is 0 Å². The van der Waals surface area contributed by atoms with Crippen molar-refractivity contribution in [3.05, 3.63) is 59.2 Å². The predicted molar refractivity (Wildman–Crippen MR) is 126 cm³/mol. The Balaban J connectivity index is 1.53. The molecule has 1 aromatic rings. The van der Waals surface area contributed by atoms with Gasteiger partial charge in [-0.1, -0.05) is 6.08 Å². The number of halogens is 1. The second-order valence-electron chi connectivity index (χ2n) is 8.84. The van der Waals surface area contributed by atoms with Crippen molar-refractivity contribution in [1.29, 1.82) is 0 Å². The van der Waals surface area contributed by atoms with Gasteiger partial charge in [0.15, 0.2) is 0 Å². The molecule has 7 heteroatoms. The van der Waals surface area contributed by atoms with Gasteiger partial charge in [0.05, 0.1) is 6.04 Å². The standard InChI is InChI=1S/C24H35FN6/c1-29(2)12-4-9-27-22-16-21(28-23-15-19(25)6-7-20(22)23)18-5-8-24(30(3)17-18)31-13-10-26-11-14-31/h5-8,15-16,21,26-28H,4,9-14,17H2,1-3H3. The Morgan fingerprint density at radius 1 is 1.19 bits per heavy atom. The SMILES string of the molecule is CN(C)CCCNC1=CC(C2=CC=C(N3CCNCC3)N(C)C2)Nc2cc(F)ccc21. The Hall–Kier alpha value is -2.51. The van der Waals surface area contributed by atoms with Crippen LogP contribution in [0.25, 0.3) is 5.70 Å². The van der Waals surface area contributed by atoms with Gasteiger partial charge < -0.3 is 30.7 Å². The summed E-state index contributed by atoms with van der Waals surface area (Å²) in [7, 11) is 6.33. The molecule has 0 aliphatic carbocycles. The van der Waals surface area contributed by atoms with Crippen LogP contribution < -0.4 is 16.0 Å². The zero-order chi connectivity index (χ0) is 21.8. The first kappa shape index (κ1) is 21.7. The number of benzene rings is 1. The van der Waals surface area contributed by atoms with Crippen molar-refractivity contribution in [3.63, 3.8) is 0 Å². The third-order valence-electron chi connectivity index (χ3n) is 6.11. The lowest BCUT2D eigenvalue weighted by Crippen LogP contribution is -2.47. The van der Waals surface area contributed by atoms with E-state index in [1.54, 1.807) is 6.07 Å². The Morgan fingerprint density at radius 3 is 2.74 bits per heavy atom. The van der Waals surface area contributed by atoms with Gasteiger partial charge in [-0.2, -0.15) is 0 Å². The molecule has 3 heterocycles. The lowest BCUT2D eigenvalue weighted by Gasteiger charge is -2.39. The first-order valence-electron chi connectivity index (χ1n) is 11.3. The van der Waals surface area contributed by atoms with E-state index in [0.717, 1.165) is 69.2 Å². The topological polar surface area (TPSA) is 45.8 Å². The van der Waals surface area contributed by atoms with Gasteiger partial charge in [0.2, 0.25) is 0 Å². The highest BCUT2D eigenvalue weighted by atomic mass is 19.1. The van der Waals surface area contributed by atoms with E-state index < -0.39 is 0 Å². The van der Waals surface area contributed by atoms with Crippen LogP contribution in [0.3, 0.4) is 0 Å². The lowest BCUT2D eigenvalue weighted by atomic mass is 9.95. The van der Waals surface area contributed by atoms with Crippen molar-refractivity contribution < 1.29 is 4.39 Å². The van der Waals surface area contributed by atoms with Crippen LogP contribution in [0.15, 0.2) is 47.8 Å². The Bertz CT molecular complexity index is 869. The minimum atomic E-state index is -0.213. The van der Waals surface area contributed by atoms with Gasteiger partial charge in [0.25, 0.3) is 0 Å². The van der Waals surface area contributed by atoms with Crippen molar-refractivity contribution in [1.82, 2.24) is 25.3 Å². The number of allylic oxidation sites excluding steroid dienone is 2. The number of fused-ring (bicyclic) bond motifs is 1.